The van der Waals surface area contributed by atoms with E-state index in [1.165, 1.54) is 12.4 Å². The van der Waals surface area contributed by atoms with Crippen LogP contribution in [0.2, 0.25) is 0 Å². The molecule has 0 radical (unpaired) electrons. The van der Waals surface area contributed by atoms with Crippen LogP contribution in [0.25, 0.3) is 0 Å². The highest BCUT2D eigenvalue weighted by molar-refractivity contribution is 4.94. The van der Waals surface area contributed by atoms with Gasteiger partial charge in [0.2, 0.25) is 0 Å². The molecule has 0 bridgehead atoms. The molecule has 0 fully saturated rings. The summed E-state index contributed by atoms with van der Waals surface area (Å²) in [6.07, 6.45) is 3.17. The topological polar surface area (TPSA) is 66.0 Å². The van der Waals surface area contributed by atoms with Crippen molar-refractivity contribution in [3.05, 3.63) is 28.4 Å². The molecule has 10 heavy (non-hydrogen) atoms. The van der Waals surface area contributed by atoms with Gasteiger partial charge in [0, 0.05) is 24.9 Å². The number of hydrogen-bond acceptors (Lipinski definition) is 3. The van der Waals surface area contributed by atoms with Gasteiger partial charge in [-0.3, -0.25) is 9.78 Å². The van der Waals surface area contributed by atoms with E-state index in [0.29, 0.717) is 12.1 Å². The molecule has 0 aromatic carbocycles. The van der Waals surface area contributed by atoms with E-state index >= 15 is 0 Å². The third-order valence-electron chi connectivity index (χ3n) is 1.09. The van der Waals surface area contributed by atoms with E-state index in [1.54, 1.807) is 0 Å². The molecule has 0 aliphatic rings. The van der Waals surface area contributed by atoms with Crippen molar-refractivity contribution in [2.75, 3.05) is 6.61 Å². The zero-order valence-corrected chi connectivity index (χ0v) is 5.37. The van der Waals surface area contributed by atoms with E-state index in [1.807, 2.05) is 0 Å². The Kier molecular flexibility index (Phi) is 2.17. The second-order valence-corrected chi connectivity index (χ2v) is 1.90. The third-order valence-corrected chi connectivity index (χ3v) is 1.09. The summed E-state index contributed by atoms with van der Waals surface area (Å²) in [6, 6.07) is 0. The van der Waals surface area contributed by atoms with E-state index in [-0.39, 0.29) is 12.2 Å². The van der Waals surface area contributed by atoms with Crippen molar-refractivity contribution in [2.24, 2.45) is 0 Å². The largest absolute Gasteiger partial charge is 0.396 e. The highest BCUT2D eigenvalue weighted by Gasteiger charge is 1.90. The van der Waals surface area contributed by atoms with Gasteiger partial charge < -0.3 is 10.1 Å². The van der Waals surface area contributed by atoms with Gasteiger partial charge in [-0.1, -0.05) is 0 Å². The standard InChI is InChI=1S/C6H8N2O2/c9-2-1-5-3-7-4-6(10)8-5/h3-4,9H,1-2H2,(H,8,10). The maximum atomic E-state index is 10.6. The van der Waals surface area contributed by atoms with E-state index in [4.69, 9.17) is 5.11 Å². The van der Waals surface area contributed by atoms with Crippen molar-refractivity contribution in [3.63, 3.8) is 0 Å². The van der Waals surface area contributed by atoms with Gasteiger partial charge in [0.05, 0.1) is 6.20 Å². The fourth-order valence-corrected chi connectivity index (χ4v) is 0.665. The molecule has 0 atom stereocenters. The maximum absolute atomic E-state index is 10.6. The number of aliphatic hydroxyl groups excluding tert-OH is 1. The Balaban J connectivity index is 2.85. The summed E-state index contributed by atoms with van der Waals surface area (Å²) < 4.78 is 0. The van der Waals surface area contributed by atoms with E-state index < -0.39 is 0 Å². The van der Waals surface area contributed by atoms with E-state index in [2.05, 4.69) is 9.97 Å². The van der Waals surface area contributed by atoms with Gasteiger partial charge in [-0.25, -0.2) is 0 Å². The smallest absolute Gasteiger partial charge is 0.266 e. The van der Waals surface area contributed by atoms with Crippen LogP contribution in [0.15, 0.2) is 17.2 Å². The molecule has 1 aromatic rings. The number of hydrogen-bond donors (Lipinski definition) is 2. The first kappa shape index (κ1) is 6.95. The van der Waals surface area contributed by atoms with Crippen LogP contribution in [0.5, 0.6) is 0 Å². The lowest BCUT2D eigenvalue weighted by molar-refractivity contribution is 0.298. The van der Waals surface area contributed by atoms with Gasteiger partial charge in [0.25, 0.3) is 5.56 Å². The average Bonchev–Trinajstić information content (AvgIpc) is 1.88. The molecule has 4 nitrogen and oxygen atoms in total. The van der Waals surface area contributed by atoms with Crippen LogP contribution in [0, 0.1) is 0 Å². The van der Waals surface area contributed by atoms with Gasteiger partial charge in [-0.15, -0.1) is 0 Å². The molecule has 1 heterocycles. The second kappa shape index (κ2) is 3.12. The SMILES string of the molecule is O=c1cncc(CCO)[nH]1. The minimum absolute atomic E-state index is 0.0294. The molecule has 2 N–H and O–H groups in total. The minimum Gasteiger partial charge on any atom is -0.396 e. The third kappa shape index (κ3) is 1.66. The molecule has 0 aliphatic heterocycles. The first-order valence-corrected chi connectivity index (χ1v) is 2.97. The molecular formula is C6H8N2O2. The maximum Gasteiger partial charge on any atom is 0.266 e. The number of aromatic amines is 1. The van der Waals surface area contributed by atoms with Gasteiger partial charge in [0.1, 0.15) is 0 Å². The second-order valence-electron chi connectivity index (χ2n) is 1.90. The molecule has 0 saturated carbocycles. The highest BCUT2D eigenvalue weighted by atomic mass is 16.3. The van der Waals surface area contributed by atoms with Crippen molar-refractivity contribution < 1.29 is 5.11 Å². The van der Waals surface area contributed by atoms with Crippen molar-refractivity contribution in [3.8, 4) is 0 Å². The molecule has 0 amide bonds. The molecule has 0 aliphatic carbocycles. The lowest BCUT2D eigenvalue weighted by Gasteiger charge is -1.93. The molecule has 0 unspecified atom stereocenters. The predicted octanol–water partition coefficient (Wildman–Crippen LogP) is -0.695. The van der Waals surface area contributed by atoms with Gasteiger partial charge in [-0.05, 0) is 0 Å². The van der Waals surface area contributed by atoms with Crippen LogP contribution in [0.4, 0.5) is 0 Å². The number of nitrogens with one attached hydrogen (secondary N) is 1. The average molecular weight is 140 g/mol. The summed E-state index contributed by atoms with van der Waals surface area (Å²) in [6.45, 7) is 0.0294. The summed E-state index contributed by atoms with van der Waals surface area (Å²) in [5.74, 6) is 0. The molecule has 0 spiro atoms. The zero-order chi connectivity index (χ0) is 7.40. The van der Waals surface area contributed by atoms with Crippen molar-refractivity contribution >= 4 is 0 Å². The fourth-order valence-electron chi connectivity index (χ4n) is 0.665. The molecule has 0 saturated heterocycles. The molecule has 1 aromatic heterocycles. The van der Waals surface area contributed by atoms with E-state index in [9.17, 15) is 4.79 Å². The molecule has 4 heteroatoms. The Morgan fingerprint density at radius 2 is 2.40 bits per heavy atom. The van der Waals surface area contributed by atoms with Crippen molar-refractivity contribution in [2.45, 2.75) is 6.42 Å². The number of rotatable bonds is 2. The lowest BCUT2D eigenvalue weighted by atomic mass is 10.3. The number of aliphatic hydroxyl groups is 1. The Bertz CT molecular complexity index is 256. The molecule has 54 valence electrons. The van der Waals surface area contributed by atoms with Crippen molar-refractivity contribution in [1.82, 2.24) is 9.97 Å². The van der Waals surface area contributed by atoms with Crippen LogP contribution < -0.4 is 5.56 Å². The van der Waals surface area contributed by atoms with Crippen LogP contribution in [-0.4, -0.2) is 21.7 Å². The van der Waals surface area contributed by atoms with Gasteiger partial charge in [0.15, 0.2) is 0 Å². The minimum atomic E-state index is -0.231. The van der Waals surface area contributed by atoms with E-state index in [0.717, 1.165) is 0 Å². The summed E-state index contributed by atoms with van der Waals surface area (Å²) in [5, 5.41) is 8.46. The summed E-state index contributed by atoms with van der Waals surface area (Å²) in [4.78, 5) is 16.7. The van der Waals surface area contributed by atoms with Crippen molar-refractivity contribution in [1.29, 1.82) is 0 Å². The highest BCUT2D eigenvalue weighted by Crippen LogP contribution is 1.85. The lowest BCUT2D eigenvalue weighted by Crippen LogP contribution is -2.09. The Morgan fingerprint density at radius 3 is 3.00 bits per heavy atom. The Hall–Kier alpha value is -1.16. The van der Waals surface area contributed by atoms with Crippen LogP contribution >= 0.6 is 0 Å². The van der Waals surface area contributed by atoms with Crippen LogP contribution in [0.1, 0.15) is 5.69 Å². The van der Waals surface area contributed by atoms with Gasteiger partial charge in [-0.2, -0.15) is 0 Å². The fraction of sp³-hybridized carbons (Fsp3) is 0.333. The summed E-state index contributed by atoms with van der Waals surface area (Å²) in [5.41, 5.74) is 0.431. The van der Waals surface area contributed by atoms with Gasteiger partial charge >= 0.3 is 0 Å². The van der Waals surface area contributed by atoms with Crippen LogP contribution in [0.3, 0.4) is 0 Å². The summed E-state index contributed by atoms with van der Waals surface area (Å²) in [7, 11) is 0. The normalized spacial score (nSPS) is 9.70. The monoisotopic (exact) mass is 140 g/mol. The Labute approximate surface area is 57.6 Å². The summed E-state index contributed by atoms with van der Waals surface area (Å²) >= 11 is 0. The number of nitrogens with zero attached hydrogens (tertiary/aromatic N) is 1. The Morgan fingerprint density at radius 1 is 1.60 bits per heavy atom. The first-order valence-electron chi connectivity index (χ1n) is 2.97. The van der Waals surface area contributed by atoms with Crippen LogP contribution in [-0.2, 0) is 6.42 Å². The number of H-pyrrole nitrogens is 1. The number of aromatic nitrogens is 2. The quantitative estimate of drug-likeness (QED) is 0.571. The zero-order valence-electron chi connectivity index (χ0n) is 5.37. The predicted molar refractivity (Wildman–Crippen MR) is 35.6 cm³/mol. The first-order chi connectivity index (χ1) is 4.83. The molecule has 1 rings (SSSR count). The molecular weight excluding hydrogens is 132 g/mol.